The first-order valence-electron chi connectivity index (χ1n) is 11.3. The number of benzene rings is 2. The van der Waals surface area contributed by atoms with Crippen LogP contribution in [0.1, 0.15) is 37.9 Å². The Morgan fingerprint density at radius 1 is 1.23 bits per heavy atom. The molecule has 1 heterocycles. The highest BCUT2D eigenvalue weighted by Crippen LogP contribution is 2.41. The van der Waals surface area contributed by atoms with Gasteiger partial charge in [-0.05, 0) is 43.2 Å². The Morgan fingerprint density at radius 3 is 2.74 bits per heavy atom. The molecule has 1 aliphatic rings. The third kappa shape index (κ3) is 5.81. The fraction of sp³-hybridized carbons (Fsp3) is 0.320. The fourth-order valence-corrected chi connectivity index (χ4v) is 4.58. The first kappa shape index (κ1) is 24.3. The van der Waals surface area contributed by atoms with Crippen molar-refractivity contribution in [3.05, 3.63) is 54.4 Å². The van der Waals surface area contributed by atoms with Crippen LogP contribution in [0, 0.1) is 11.3 Å². The molecule has 9 nitrogen and oxygen atoms in total. The van der Waals surface area contributed by atoms with Crippen molar-refractivity contribution in [1.82, 2.24) is 14.8 Å². The molecule has 1 fully saturated rings. The second-order valence-corrected chi connectivity index (χ2v) is 9.04. The molecule has 1 aliphatic carbocycles. The lowest BCUT2D eigenvalue weighted by Gasteiger charge is -2.23. The third-order valence-electron chi connectivity index (χ3n) is 5.47. The van der Waals surface area contributed by atoms with Gasteiger partial charge in [-0.25, -0.2) is 0 Å². The first-order chi connectivity index (χ1) is 17.0. The monoisotopic (exact) mass is 490 g/mol. The van der Waals surface area contributed by atoms with Crippen LogP contribution in [0.2, 0.25) is 0 Å². The average Bonchev–Trinajstić information content (AvgIpc) is 3.62. The summed E-state index contributed by atoms with van der Waals surface area (Å²) in [5.74, 6) is 1.55. The van der Waals surface area contributed by atoms with Gasteiger partial charge in [-0.1, -0.05) is 30.0 Å². The number of amides is 2. The van der Waals surface area contributed by atoms with Crippen molar-refractivity contribution in [2.45, 2.75) is 37.3 Å². The van der Waals surface area contributed by atoms with Crippen LogP contribution in [0.15, 0.2) is 53.7 Å². The molecule has 3 aromatic rings. The molecule has 0 spiro atoms. The van der Waals surface area contributed by atoms with E-state index in [4.69, 9.17) is 10.00 Å². The smallest absolute Gasteiger partial charge is 0.237 e. The summed E-state index contributed by atoms with van der Waals surface area (Å²) in [6.07, 6.45) is 2.29. The minimum Gasteiger partial charge on any atom is -0.495 e. The van der Waals surface area contributed by atoms with Crippen LogP contribution in [0.3, 0.4) is 0 Å². The lowest BCUT2D eigenvalue weighted by molar-refractivity contribution is -0.116. The highest BCUT2D eigenvalue weighted by molar-refractivity contribution is 7.99. The number of anilines is 2. The van der Waals surface area contributed by atoms with Crippen LogP contribution in [-0.2, 0) is 9.59 Å². The van der Waals surface area contributed by atoms with E-state index in [-0.39, 0.29) is 30.5 Å². The molecule has 2 amide bonds. The summed E-state index contributed by atoms with van der Waals surface area (Å²) in [6, 6.07) is 16.9. The first-order valence-corrected chi connectivity index (χ1v) is 12.3. The SMILES string of the molecule is COc1ccccc1N(CCC#N)C(=O)CSc1nnc(C2CC2)n1-c1cccc(NC(C)=O)c1. The van der Waals surface area contributed by atoms with E-state index in [1.165, 1.54) is 18.7 Å². The number of nitriles is 1. The number of methoxy groups -OCH3 is 1. The van der Waals surface area contributed by atoms with Crippen LogP contribution in [0.25, 0.3) is 5.69 Å². The van der Waals surface area contributed by atoms with E-state index >= 15 is 0 Å². The zero-order valence-corrected chi connectivity index (χ0v) is 20.4. The van der Waals surface area contributed by atoms with Gasteiger partial charge in [-0.15, -0.1) is 10.2 Å². The maximum Gasteiger partial charge on any atom is 0.237 e. The second kappa shape index (κ2) is 11.1. The summed E-state index contributed by atoms with van der Waals surface area (Å²) in [5.41, 5.74) is 2.12. The van der Waals surface area contributed by atoms with Gasteiger partial charge in [-0.3, -0.25) is 14.2 Å². The van der Waals surface area contributed by atoms with Gasteiger partial charge >= 0.3 is 0 Å². The third-order valence-corrected chi connectivity index (χ3v) is 6.39. The Kier molecular flexibility index (Phi) is 7.67. The number of thioether (sulfide) groups is 1. The van der Waals surface area contributed by atoms with Gasteiger partial charge in [0, 0.05) is 25.1 Å². The quantitative estimate of drug-likeness (QED) is 0.425. The van der Waals surface area contributed by atoms with E-state index in [0.29, 0.717) is 28.2 Å². The van der Waals surface area contributed by atoms with E-state index in [1.807, 2.05) is 41.0 Å². The van der Waals surface area contributed by atoms with Crippen LogP contribution in [0.4, 0.5) is 11.4 Å². The number of para-hydroxylation sites is 2. The molecule has 0 unspecified atom stereocenters. The predicted octanol–water partition coefficient (Wildman–Crippen LogP) is 4.15. The molecule has 0 bridgehead atoms. The zero-order chi connectivity index (χ0) is 24.8. The second-order valence-electron chi connectivity index (χ2n) is 8.10. The number of nitrogens with one attached hydrogen (secondary N) is 1. The number of rotatable bonds is 10. The minimum absolute atomic E-state index is 0.109. The summed E-state index contributed by atoms with van der Waals surface area (Å²) >= 11 is 1.29. The lowest BCUT2D eigenvalue weighted by Crippen LogP contribution is -2.33. The number of hydrogen-bond donors (Lipinski definition) is 1. The van der Waals surface area contributed by atoms with Gasteiger partial charge < -0.3 is 15.0 Å². The van der Waals surface area contributed by atoms with Crippen LogP contribution in [-0.4, -0.2) is 46.0 Å². The standard InChI is InChI=1S/C25H26N6O3S/c1-17(32)27-19-7-5-8-20(15-19)31-24(18-11-12-18)28-29-25(31)35-16-23(33)30(14-6-13-26)21-9-3-4-10-22(21)34-2/h3-5,7-10,15,18H,6,11-12,14,16H2,1-2H3,(H,27,32). The maximum absolute atomic E-state index is 13.3. The molecule has 10 heteroatoms. The summed E-state index contributed by atoms with van der Waals surface area (Å²) < 4.78 is 7.39. The minimum atomic E-state index is -0.163. The van der Waals surface area contributed by atoms with Gasteiger partial charge in [0.05, 0.1) is 36.7 Å². The molecule has 1 aromatic heterocycles. The van der Waals surface area contributed by atoms with Crippen LogP contribution >= 0.6 is 11.8 Å². The summed E-state index contributed by atoms with van der Waals surface area (Å²) in [4.78, 5) is 26.4. The highest BCUT2D eigenvalue weighted by Gasteiger charge is 2.31. The molecule has 1 N–H and O–H groups in total. The molecule has 0 radical (unpaired) electrons. The number of hydrogen-bond acceptors (Lipinski definition) is 7. The molecule has 1 saturated carbocycles. The Bertz CT molecular complexity index is 1260. The largest absolute Gasteiger partial charge is 0.495 e. The summed E-state index contributed by atoms with van der Waals surface area (Å²) in [7, 11) is 1.55. The number of aromatic nitrogens is 3. The highest BCUT2D eigenvalue weighted by atomic mass is 32.2. The van der Waals surface area contributed by atoms with Crippen LogP contribution in [0.5, 0.6) is 5.75 Å². The van der Waals surface area contributed by atoms with Crippen molar-refractivity contribution in [2.75, 3.05) is 29.6 Å². The normalized spacial score (nSPS) is 12.6. The fourth-order valence-electron chi connectivity index (χ4n) is 3.75. The van der Waals surface area contributed by atoms with Gasteiger partial charge in [0.1, 0.15) is 11.6 Å². The van der Waals surface area contributed by atoms with Gasteiger partial charge in [0.15, 0.2) is 5.16 Å². The van der Waals surface area contributed by atoms with Crippen molar-refractivity contribution in [3.63, 3.8) is 0 Å². The molecule has 35 heavy (non-hydrogen) atoms. The predicted molar refractivity (Wildman–Crippen MR) is 134 cm³/mol. The van der Waals surface area contributed by atoms with Crippen molar-refractivity contribution >= 4 is 35.0 Å². The zero-order valence-electron chi connectivity index (χ0n) is 19.6. The Morgan fingerprint density at radius 2 is 2.03 bits per heavy atom. The summed E-state index contributed by atoms with van der Waals surface area (Å²) in [6.45, 7) is 1.73. The molecular weight excluding hydrogens is 464 g/mol. The van der Waals surface area contributed by atoms with Gasteiger partial charge in [0.2, 0.25) is 11.8 Å². The van der Waals surface area contributed by atoms with E-state index in [9.17, 15) is 9.59 Å². The number of ether oxygens (including phenoxy) is 1. The van der Waals surface area contributed by atoms with Crippen molar-refractivity contribution in [2.24, 2.45) is 0 Å². The van der Waals surface area contributed by atoms with Gasteiger partial charge in [-0.2, -0.15) is 5.26 Å². The molecule has 180 valence electrons. The van der Waals surface area contributed by atoms with Crippen molar-refractivity contribution in [1.29, 1.82) is 5.26 Å². The molecular formula is C25H26N6O3S. The van der Waals surface area contributed by atoms with E-state index in [2.05, 4.69) is 21.6 Å². The Labute approximate surface area is 208 Å². The van der Waals surface area contributed by atoms with Crippen molar-refractivity contribution < 1.29 is 14.3 Å². The van der Waals surface area contributed by atoms with Crippen LogP contribution < -0.4 is 15.0 Å². The number of nitrogens with zero attached hydrogens (tertiary/aromatic N) is 5. The maximum atomic E-state index is 13.3. The molecule has 0 saturated heterocycles. The number of carbonyl (C=O) groups is 2. The molecule has 2 aromatic carbocycles. The van der Waals surface area contributed by atoms with E-state index in [1.54, 1.807) is 24.1 Å². The average molecular weight is 491 g/mol. The summed E-state index contributed by atoms with van der Waals surface area (Å²) in [5, 5.41) is 21.3. The van der Waals surface area contributed by atoms with E-state index in [0.717, 1.165) is 24.4 Å². The molecule has 0 atom stereocenters. The number of carbonyl (C=O) groups excluding carboxylic acids is 2. The Hall–Kier alpha value is -3.84. The Balaban J connectivity index is 1.59. The molecule has 0 aliphatic heterocycles. The van der Waals surface area contributed by atoms with Crippen molar-refractivity contribution in [3.8, 4) is 17.5 Å². The lowest BCUT2D eigenvalue weighted by atomic mass is 10.2. The molecule has 4 rings (SSSR count). The topological polar surface area (TPSA) is 113 Å². The van der Waals surface area contributed by atoms with Gasteiger partial charge in [0.25, 0.3) is 0 Å². The van der Waals surface area contributed by atoms with E-state index < -0.39 is 0 Å².